The van der Waals surface area contributed by atoms with Gasteiger partial charge >= 0.3 is 11.9 Å². The van der Waals surface area contributed by atoms with Gasteiger partial charge in [-0.25, -0.2) is 9.59 Å². The maximum absolute atomic E-state index is 12.6. The van der Waals surface area contributed by atoms with Crippen molar-refractivity contribution < 1.29 is 19.1 Å². The van der Waals surface area contributed by atoms with Gasteiger partial charge in [-0.15, -0.1) is 0 Å². The van der Waals surface area contributed by atoms with E-state index in [0.29, 0.717) is 23.4 Å². The number of rotatable bonds is 14. The Kier molecular flexibility index (Phi) is 12.2. The number of nitrogen functional groups attached to an aromatic ring is 2. The third-order valence-electron chi connectivity index (χ3n) is 7.37. The van der Waals surface area contributed by atoms with Crippen LogP contribution in [0, 0.1) is 5.92 Å². The first-order valence-electron chi connectivity index (χ1n) is 14.2. The van der Waals surface area contributed by atoms with E-state index < -0.39 is 5.97 Å². The summed E-state index contributed by atoms with van der Waals surface area (Å²) < 4.78 is 11.0. The molecule has 0 amide bonds. The summed E-state index contributed by atoms with van der Waals surface area (Å²) in [6, 6.07) is 12.3. The highest BCUT2D eigenvalue weighted by Gasteiger charge is 2.24. The molecule has 4 N–H and O–H groups in total. The van der Waals surface area contributed by atoms with E-state index in [0.717, 1.165) is 42.7 Å². The topological polar surface area (TPSA) is 105 Å². The minimum atomic E-state index is -0.442. The molecule has 0 unspecified atom stereocenters. The Morgan fingerprint density at radius 2 is 1.63 bits per heavy atom. The Morgan fingerprint density at radius 1 is 0.921 bits per heavy atom. The zero-order valence-electron chi connectivity index (χ0n) is 22.8. The second kappa shape index (κ2) is 15.9. The molecule has 2 aromatic rings. The van der Waals surface area contributed by atoms with Crippen LogP contribution in [-0.2, 0) is 20.7 Å². The molecule has 1 aliphatic carbocycles. The van der Waals surface area contributed by atoms with Crippen LogP contribution in [0.4, 0.5) is 11.4 Å². The number of esters is 2. The van der Waals surface area contributed by atoms with Gasteiger partial charge in [0, 0.05) is 23.9 Å². The molecule has 0 aliphatic heterocycles. The van der Waals surface area contributed by atoms with E-state index in [1.54, 1.807) is 48.5 Å². The van der Waals surface area contributed by atoms with Crippen LogP contribution in [0.25, 0.3) is 6.08 Å². The van der Waals surface area contributed by atoms with Crippen molar-refractivity contribution in [3.63, 3.8) is 0 Å². The zero-order chi connectivity index (χ0) is 27.2. The summed E-state index contributed by atoms with van der Waals surface area (Å²) in [5, 5.41) is 0. The molecule has 0 aromatic heterocycles. The SMILES string of the molecule is CCCCCCCCC1CCC(OC(=O)c2ccc(/C=C/C(=O)OCCc3cc(N)ccc3N)cc2)CC1. The molecule has 0 heterocycles. The van der Waals surface area contributed by atoms with Crippen molar-refractivity contribution in [3.05, 3.63) is 65.2 Å². The molecule has 38 heavy (non-hydrogen) atoms. The van der Waals surface area contributed by atoms with Crippen LogP contribution >= 0.6 is 0 Å². The van der Waals surface area contributed by atoms with Crippen LogP contribution in [0.5, 0.6) is 0 Å². The molecular formula is C32H44N2O4. The fourth-order valence-corrected chi connectivity index (χ4v) is 5.02. The van der Waals surface area contributed by atoms with Crippen LogP contribution in [-0.4, -0.2) is 24.6 Å². The lowest BCUT2D eigenvalue weighted by Gasteiger charge is -2.28. The Hall–Kier alpha value is -3.28. The fraction of sp³-hybridized carbons (Fsp3) is 0.500. The Balaban J connectivity index is 1.34. The van der Waals surface area contributed by atoms with E-state index in [2.05, 4.69) is 6.92 Å². The molecule has 1 fully saturated rings. The number of carbonyl (C=O) groups excluding carboxylic acids is 2. The normalized spacial score (nSPS) is 17.4. The molecule has 6 heteroatoms. The highest BCUT2D eigenvalue weighted by Crippen LogP contribution is 2.30. The lowest BCUT2D eigenvalue weighted by molar-refractivity contribution is -0.137. The highest BCUT2D eigenvalue weighted by molar-refractivity contribution is 5.90. The summed E-state index contributed by atoms with van der Waals surface area (Å²) in [5.41, 5.74) is 15.1. The maximum atomic E-state index is 12.6. The van der Waals surface area contributed by atoms with E-state index in [1.807, 2.05) is 0 Å². The number of hydrogen-bond donors (Lipinski definition) is 2. The van der Waals surface area contributed by atoms with Gasteiger partial charge in [-0.2, -0.15) is 0 Å². The molecule has 0 bridgehead atoms. The van der Waals surface area contributed by atoms with Crippen LogP contribution in [0.1, 0.15) is 99.0 Å². The van der Waals surface area contributed by atoms with Gasteiger partial charge in [0.05, 0.1) is 12.2 Å². The lowest BCUT2D eigenvalue weighted by atomic mass is 9.84. The van der Waals surface area contributed by atoms with Crippen LogP contribution < -0.4 is 11.5 Å². The number of anilines is 2. The van der Waals surface area contributed by atoms with Gasteiger partial charge in [0.1, 0.15) is 6.10 Å². The Labute approximate surface area is 227 Å². The van der Waals surface area contributed by atoms with Crippen LogP contribution in [0.15, 0.2) is 48.5 Å². The van der Waals surface area contributed by atoms with Gasteiger partial charge in [-0.05, 0) is 79.1 Å². The van der Waals surface area contributed by atoms with Crippen molar-refractivity contribution in [3.8, 4) is 0 Å². The van der Waals surface area contributed by atoms with Crippen molar-refractivity contribution >= 4 is 29.4 Å². The average Bonchev–Trinajstić information content (AvgIpc) is 2.92. The molecule has 1 saturated carbocycles. The van der Waals surface area contributed by atoms with Crippen molar-refractivity contribution in [2.24, 2.45) is 5.92 Å². The third-order valence-corrected chi connectivity index (χ3v) is 7.37. The Morgan fingerprint density at radius 3 is 2.37 bits per heavy atom. The molecule has 206 valence electrons. The van der Waals surface area contributed by atoms with E-state index >= 15 is 0 Å². The largest absolute Gasteiger partial charge is 0.462 e. The predicted octanol–water partition coefficient (Wildman–Crippen LogP) is 7.12. The van der Waals surface area contributed by atoms with Crippen molar-refractivity contribution in [1.29, 1.82) is 0 Å². The first-order chi connectivity index (χ1) is 18.4. The number of ether oxygens (including phenoxy) is 2. The van der Waals surface area contributed by atoms with E-state index in [-0.39, 0.29) is 18.7 Å². The van der Waals surface area contributed by atoms with Gasteiger partial charge in [0.2, 0.25) is 0 Å². The number of nitrogens with two attached hydrogens (primary N) is 2. The summed E-state index contributed by atoms with van der Waals surface area (Å²) in [6.07, 6.45) is 17.1. The quantitative estimate of drug-likeness (QED) is 0.119. The second-order valence-corrected chi connectivity index (χ2v) is 10.4. The van der Waals surface area contributed by atoms with E-state index in [9.17, 15) is 9.59 Å². The van der Waals surface area contributed by atoms with Crippen molar-refractivity contribution in [1.82, 2.24) is 0 Å². The number of carbonyl (C=O) groups is 2. The minimum absolute atomic E-state index is 0.0142. The van der Waals surface area contributed by atoms with Crippen molar-refractivity contribution in [2.45, 2.75) is 90.1 Å². The van der Waals surface area contributed by atoms with Gasteiger partial charge in [0.15, 0.2) is 0 Å². The van der Waals surface area contributed by atoms with Gasteiger partial charge in [0.25, 0.3) is 0 Å². The average molecular weight is 521 g/mol. The molecule has 0 saturated heterocycles. The smallest absolute Gasteiger partial charge is 0.338 e. The molecule has 0 radical (unpaired) electrons. The third kappa shape index (κ3) is 10.2. The fourth-order valence-electron chi connectivity index (χ4n) is 5.02. The van der Waals surface area contributed by atoms with Gasteiger partial charge in [-0.3, -0.25) is 0 Å². The summed E-state index contributed by atoms with van der Waals surface area (Å²) in [6.45, 7) is 2.46. The van der Waals surface area contributed by atoms with Crippen molar-refractivity contribution in [2.75, 3.05) is 18.1 Å². The second-order valence-electron chi connectivity index (χ2n) is 10.4. The molecule has 0 atom stereocenters. The predicted molar refractivity (Wildman–Crippen MR) is 155 cm³/mol. The summed E-state index contributed by atoms with van der Waals surface area (Å²) in [7, 11) is 0. The zero-order valence-corrected chi connectivity index (χ0v) is 22.8. The summed E-state index contributed by atoms with van der Waals surface area (Å²) in [5.74, 6) is 0.0624. The molecule has 0 spiro atoms. The maximum Gasteiger partial charge on any atom is 0.338 e. The molecular weight excluding hydrogens is 476 g/mol. The first-order valence-corrected chi connectivity index (χ1v) is 14.2. The first kappa shape index (κ1) is 29.3. The Bertz CT molecular complexity index is 1040. The molecule has 3 rings (SSSR count). The standard InChI is InChI=1S/C32H44N2O4/c1-2-3-4-5-6-7-8-24-11-17-29(18-12-24)38-32(36)26-14-9-25(10-15-26)13-20-31(35)37-22-21-27-23-28(33)16-19-30(27)34/h9-10,13-16,19-20,23-24,29H,2-8,11-12,17-18,21-22,33-34H2,1H3/b20-13+. The summed E-state index contributed by atoms with van der Waals surface area (Å²) >= 11 is 0. The highest BCUT2D eigenvalue weighted by atomic mass is 16.5. The monoisotopic (exact) mass is 520 g/mol. The van der Waals surface area contributed by atoms with E-state index in [1.165, 1.54) is 51.0 Å². The van der Waals surface area contributed by atoms with Crippen LogP contribution in [0.2, 0.25) is 0 Å². The molecule has 1 aliphatic rings. The minimum Gasteiger partial charge on any atom is -0.462 e. The molecule has 6 nitrogen and oxygen atoms in total. The number of hydrogen-bond acceptors (Lipinski definition) is 6. The van der Waals surface area contributed by atoms with Crippen LogP contribution in [0.3, 0.4) is 0 Å². The number of benzene rings is 2. The summed E-state index contributed by atoms with van der Waals surface area (Å²) in [4.78, 5) is 24.7. The lowest BCUT2D eigenvalue weighted by Crippen LogP contribution is -2.24. The van der Waals surface area contributed by atoms with Gasteiger partial charge in [-0.1, -0.05) is 64.0 Å². The van der Waals surface area contributed by atoms with Gasteiger partial charge < -0.3 is 20.9 Å². The number of unbranched alkanes of at least 4 members (excludes halogenated alkanes) is 5. The molecule has 2 aromatic carbocycles. The van der Waals surface area contributed by atoms with E-state index in [4.69, 9.17) is 20.9 Å².